The number of nitriles is 1. The van der Waals surface area contributed by atoms with E-state index in [9.17, 15) is 5.26 Å². The Morgan fingerprint density at radius 1 is 1.29 bits per heavy atom. The molecule has 110 valence electrons. The average Bonchev–Trinajstić information content (AvgIpc) is 2.87. The molecule has 6 heteroatoms. The van der Waals surface area contributed by atoms with Gasteiger partial charge in [0.05, 0.1) is 22.5 Å². The molecule has 0 aromatic carbocycles. The maximum absolute atomic E-state index is 9.23. The lowest BCUT2D eigenvalue weighted by Gasteiger charge is -2.32. The molecule has 0 aliphatic carbocycles. The van der Waals surface area contributed by atoms with Crippen LogP contribution in [0.3, 0.4) is 0 Å². The van der Waals surface area contributed by atoms with Crippen molar-refractivity contribution in [2.45, 2.75) is 57.1 Å². The van der Waals surface area contributed by atoms with E-state index in [1.165, 1.54) is 5.57 Å². The molecule has 4 nitrogen and oxygen atoms in total. The molecule has 3 heterocycles. The molecule has 0 aromatic heterocycles. The van der Waals surface area contributed by atoms with Gasteiger partial charge in [-0.3, -0.25) is 4.99 Å². The maximum Gasteiger partial charge on any atom is 0.491 e. The number of aliphatic imine (C=N–C) groups is 1. The van der Waals surface area contributed by atoms with Gasteiger partial charge in [-0.2, -0.15) is 5.26 Å². The van der Waals surface area contributed by atoms with Crippen LogP contribution in [0.5, 0.6) is 0 Å². The predicted molar refractivity (Wildman–Crippen MR) is 86.1 cm³/mol. The molecule has 0 aromatic rings. The molecule has 0 saturated carbocycles. The van der Waals surface area contributed by atoms with Gasteiger partial charge in [-0.25, -0.2) is 0 Å². The van der Waals surface area contributed by atoms with Crippen LogP contribution < -0.4 is 0 Å². The Balaban J connectivity index is 1.94. The predicted octanol–water partition coefficient (Wildman–Crippen LogP) is 2.91. The van der Waals surface area contributed by atoms with Gasteiger partial charge in [0.2, 0.25) is 0 Å². The van der Waals surface area contributed by atoms with Crippen LogP contribution in [0, 0.1) is 11.3 Å². The van der Waals surface area contributed by atoms with Gasteiger partial charge in [0.15, 0.2) is 0 Å². The average molecular weight is 302 g/mol. The molecular formula is C15H19BN2O2S. The van der Waals surface area contributed by atoms with Crippen molar-refractivity contribution in [3.8, 4) is 6.07 Å². The number of fused-ring (bicyclic) bond motifs is 1. The molecule has 0 amide bonds. The Morgan fingerprint density at radius 3 is 2.48 bits per heavy atom. The molecule has 0 spiro atoms. The first-order valence-corrected chi connectivity index (χ1v) is 8.06. The number of hydrogen-bond acceptors (Lipinski definition) is 5. The van der Waals surface area contributed by atoms with E-state index in [0.29, 0.717) is 5.71 Å². The second kappa shape index (κ2) is 4.74. The number of allylic oxidation sites excluding steroid dienone is 1. The Morgan fingerprint density at radius 2 is 1.90 bits per heavy atom. The standard InChI is InChI=1S/C15H19BN2O2S/c1-9-8-21-13-11(6-10(7-17)18-12(9)13)16-19-14(2,3)15(4,5)20-16/h6,8,12-13H,1-5H3. The van der Waals surface area contributed by atoms with Crippen LogP contribution in [0.25, 0.3) is 0 Å². The van der Waals surface area contributed by atoms with Crippen molar-refractivity contribution in [2.75, 3.05) is 0 Å². The highest BCUT2D eigenvalue weighted by atomic mass is 32.2. The van der Waals surface area contributed by atoms with Crippen LogP contribution >= 0.6 is 11.8 Å². The molecule has 3 aliphatic heterocycles. The van der Waals surface area contributed by atoms with E-state index in [1.807, 2.05) is 33.8 Å². The number of nitrogens with zero attached hydrogens (tertiary/aromatic N) is 2. The van der Waals surface area contributed by atoms with Gasteiger partial charge in [0, 0.05) is 0 Å². The summed E-state index contributed by atoms with van der Waals surface area (Å²) in [5, 5.41) is 11.5. The van der Waals surface area contributed by atoms with E-state index in [4.69, 9.17) is 9.31 Å². The highest BCUT2D eigenvalue weighted by Crippen LogP contribution is 2.45. The highest BCUT2D eigenvalue weighted by Gasteiger charge is 2.55. The monoisotopic (exact) mass is 302 g/mol. The third-order valence-electron chi connectivity index (χ3n) is 4.70. The van der Waals surface area contributed by atoms with E-state index >= 15 is 0 Å². The van der Waals surface area contributed by atoms with Gasteiger partial charge in [0.25, 0.3) is 0 Å². The number of hydrogen-bond donors (Lipinski definition) is 0. The first-order chi connectivity index (χ1) is 9.75. The van der Waals surface area contributed by atoms with Gasteiger partial charge in [-0.1, -0.05) is 0 Å². The molecule has 0 bridgehead atoms. The lowest BCUT2D eigenvalue weighted by molar-refractivity contribution is 0.00578. The Labute approximate surface area is 130 Å². The summed E-state index contributed by atoms with van der Waals surface area (Å²) in [6.07, 6.45) is 1.84. The topological polar surface area (TPSA) is 54.6 Å². The zero-order valence-corrected chi connectivity index (χ0v) is 13.8. The van der Waals surface area contributed by atoms with Gasteiger partial charge >= 0.3 is 7.12 Å². The van der Waals surface area contributed by atoms with E-state index in [-0.39, 0.29) is 22.5 Å². The smallest absolute Gasteiger partial charge is 0.400 e. The first-order valence-electron chi connectivity index (χ1n) is 7.12. The fourth-order valence-electron chi connectivity index (χ4n) is 2.66. The van der Waals surface area contributed by atoms with Crippen LogP contribution in [0.4, 0.5) is 0 Å². The molecule has 0 radical (unpaired) electrons. The lowest BCUT2D eigenvalue weighted by atomic mass is 9.72. The molecular weight excluding hydrogens is 283 g/mol. The number of rotatable bonds is 1. The SMILES string of the molecule is CC1=CSC2C(B3OC(C)(C)C(C)(C)O3)=CC(C#N)=NC12. The van der Waals surface area contributed by atoms with Crippen molar-refractivity contribution in [3.63, 3.8) is 0 Å². The summed E-state index contributed by atoms with van der Waals surface area (Å²) >= 11 is 1.74. The van der Waals surface area contributed by atoms with Gasteiger partial charge in [-0.15, -0.1) is 11.8 Å². The van der Waals surface area contributed by atoms with E-state index in [2.05, 4.69) is 23.4 Å². The van der Waals surface area contributed by atoms with Gasteiger partial charge in [-0.05, 0) is 57.1 Å². The Bertz CT molecular complexity index is 600. The summed E-state index contributed by atoms with van der Waals surface area (Å²) in [7, 11) is -0.409. The Hall–Kier alpha value is -1.03. The van der Waals surface area contributed by atoms with Crippen LogP contribution in [0.15, 0.2) is 27.5 Å². The van der Waals surface area contributed by atoms with Gasteiger partial charge < -0.3 is 9.31 Å². The molecule has 1 fully saturated rings. The zero-order chi connectivity index (χ0) is 15.4. The summed E-state index contributed by atoms with van der Waals surface area (Å²) < 4.78 is 12.3. The minimum absolute atomic E-state index is 0.0312. The van der Waals surface area contributed by atoms with Crippen molar-refractivity contribution < 1.29 is 9.31 Å². The van der Waals surface area contributed by atoms with Crippen LogP contribution in [-0.4, -0.2) is 35.3 Å². The minimum atomic E-state index is -0.409. The van der Waals surface area contributed by atoms with Crippen LogP contribution in [0.1, 0.15) is 34.6 Å². The van der Waals surface area contributed by atoms with Crippen molar-refractivity contribution >= 4 is 24.6 Å². The third kappa shape index (κ3) is 2.28. The summed E-state index contributed by atoms with van der Waals surface area (Å²) in [4.78, 5) is 4.52. The number of thioether (sulfide) groups is 1. The molecule has 3 rings (SSSR count). The van der Waals surface area contributed by atoms with Gasteiger partial charge in [0.1, 0.15) is 11.8 Å². The minimum Gasteiger partial charge on any atom is -0.400 e. The second-order valence-corrected chi connectivity index (χ2v) is 7.74. The maximum atomic E-state index is 9.23. The third-order valence-corrected chi connectivity index (χ3v) is 6.03. The van der Waals surface area contributed by atoms with Crippen molar-refractivity contribution in [1.29, 1.82) is 5.26 Å². The van der Waals surface area contributed by atoms with Crippen molar-refractivity contribution in [2.24, 2.45) is 4.99 Å². The summed E-state index contributed by atoms with van der Waals surface area (Å²) in [6, 6.07) is 2.19. The Kier molecular flexibility index (Phi) is 3.36. The van der Waals surface area contributed by atoms with E-state index in [1.54, 1.807) is 11.8 Å². The zero-order valence-electron chi connectivity index (χ0n) is 13.0. The quantitative estimate of drug-likeness (QED) is 0.699. The molecule has 2 unspecified atom stereocenters. The fourth-order valence-corrected chi connectivity index (χ4v) is 3.92. The molecule has 3 aliphatic rings. The summed E-state index contributed by atoms with van der Waals surface area (Å²) in [5.41, 5.74) is 1.92. The van der Waals surface area contributed by atoms with Crippen molar-refractivity contribution in [3.05, 3.63) is 22.5 Å². The van der Waals surface area contributed by atoms with E-state index in [0.717, 1.165) is 5.47 Å². The fraction of sp³-hybridized carbons (Fsp3) is 0.600. The highest BCUT2D eigenvalue weighted by molar-refractivity contribution is 8.03. The van der Waals surface area contributed by atoms with Crippen molar-refractivity contribution in [1.82, 2.24) is 0 Å². The van der Waals surface area contributed by atoms with Crippen LogP contribution in [-0.2, 0) is 9.31 Å². The normalized spacial score (nSPS) is 33.0. The summed E-state index contributed by atoms with van der Waals surface area (Å²) in [6.45, 7) is 10.2. The molecule has 2 atom stereocenters. The summed E-state index contributed by atoms with van der Waals surface area (Å²) in [5.74, 6) is 0. The lowest BCUT2D eigenvalue weighted by Crippen LogP contribution is -2.41. The largest absolute Gasteiger partial charge is 0.491 e. The molecule has 0 N–H and O–H groups in total. The second-order valence-electron chi connectivity index (χ2n) is 6.72. The number of dihydropyridines is 1. The first kappa shape index (κ1) is 14.9. The molecule has 1 saturated heterocycles. The van der Waals surface area contributed by atoms with Crippen LogP contribution in [0.2, 0.25) is 0 Å². The molecule has 21 heavy (non-hydrogen) atoms. The van der Waals surface area contributed by atoms with E-state index < -0.39 is 7.12 Å².